The average molecular weight is 259 g/mol. The molecule has 0 unspecified atom stereocenters. The molecule has 5 nitrogen and oxygen atoms in total. The van der Waals surface area contributed by atoms with Crippen molar-refractivity contribution in [2.45, 2.75) is 6.42 Å². The molecule has 0 bridgehead atoms. The molecule has 0 aliphatic rings. The third-order valence-electron chi connectivity index (χ3n) is 2.71. The first-order valence-corrected chi connectivity index (χ1v) is 6.04. The number of rotatable bonds is 6. The van der Waals surface area contributed by atoms with Gasteiger partial charge in [-0.15, -0.1) is 0 Å². The van der Waals surface area contributed by atoms with E-state index in [1.54, 1.807) is 20.3 Å². The SMILES string of the molecule is COc1cccc(CCNc2cc(OC)ncn2)c1. The number of hydrogen-bond donors (Lipinski definition) is 1. The Kier molecular flexibility index (Phi) is 4.55. The lowest BCUT2D eigenvalue weighted by atomic mass is 10.1. The lowest BCUT2D eigenvalue weighted by molar-refractivity contribution is 0.397. The molecule has 1 aromatic carbocycles. The van der Waals surface area contributed by atoms with Crippen molar-refractivity contribution < 1.29 is 9.47 Å². The van der Waals surface area contributed by atoms with Gasteiger partial charge >= 0.3 is 0 Å². The van der Waals surface area contributed by atoms with Crippen LogP contribution in [-0.2, 0) is 6.42 Å². The van der Waals surface area contributed by atoms with E-state index in [1.165, 1.54) is 11.9 Å². The highest BCUT2D eigenvalue weighted by atomic mass is 16.5. The number of hydrogen-bond acceptors (Lipinski definition) is 5. The fraction of sp³-hybridized carbons (Fsp3) is 0.286. The van der Waals surface area contributed by atoms with Crippen molar-refractivity contribution in [2.24, 2.45) is 0 Å². The molecule has 2 aromatic rings. The van der Waals surface area contributed by atoms with E-state index in [0.717, 1.165) is 24.5 Å². The minimum Gasteiger partial charge on any atom is -0.497 e. The molecule has 0 saturated carbocycles. The average Bonchev–Trinajstić information content (AvgIpc) is 2.48. The van der Waals surface area contributed by atoms with Gasteiger partial charge < -0.3 is 14.8 Å². The normalized spacial score (nSPS) is 10.0. The highest BCUT2D eigenvalue weighted by Crippen LogP contribution is 2.14. The Hall–Kier alpha value is -2.30. The third kappa shape index (κ3) is 3.84. The summed E-state index contributed by atoms with van der Waals surface area (Å²) in [7, 11) is 3.26. The van der Waals surface area contributed by atoms with Gasteiger partial charge in [0.15, 0.2) is 0 Å². The fourth-order valence-electron chi connectivity index (χ4n) is 1.71. The summed E-state index contributed by atoms with van der Waals surface area (Å²) in [5.74, 6) is 2.19. The molecule has 1 heterocycles. The van der Waals surface area contributed by atoms with Crippen molar-refractivity contribution in [3.8, 4) is 11.6 Å². The van der Waals surface area contributed by atoms with Crippen molar-refractivity contribution in [3.05, 3.63) is 42.2 Å². The maximum absolute atomic E-state index is 5.19. The summed E-state index contributed by atoms with van der Waals surface area (Å²) in [4.78, 5) is 8.08. The van der Waals surface area contributed by atoms with Crippen LogP contribution in [-0.4, -0.2) is 30.7 Å². The molecule has 0 saturated heterocycles. The van der Waals surface area contributed by atoms with E-state index in [0.29, 0.717) is 5.88 Å². The molecule has 100 valence electrons. The summed E-state index contributed by atoms with van der Waals surface area (Å²) in [5.41, 5.74) is 1.22. The number of ether oxygens (including phenoxy) is 2. The predicted molar refractivity (Wildman–Crippen MR) is 73.8 cm³/mol. The van der Waals surface area contributed by atoms with Crippen LogP contribution in [0, 0.1) is 0 Å². The second kappa shape index (κ2) is 6.58. The van der Waals surface area contributed by atoms with Crippen LogP contribution >= 0.6 is 0 Å². The van der Waals surface area contributed by atoms with Crippen LogP contribution in [0.4, 0.5) is 5.82 Å². The topological polar surface area (TPSA) is 56.3 Å². The molecule has 0 amide bonds. The van der Waals surface area contributed by atoms with E-state index in [-0.39, 0.29) is 0 Å². The Morgan fingerprint density at radius 3 is 2.79 bits per heavy atom. The van der Waals surface area contributed by atoms with Crippen molar-refractivity contribution >= 4 is 5.82 Å². The number of benzene rings is 1. The minimum absolute atomic E-state index is 0.555. The Balaban J connectivity index is 1.88. The van der Waals surface area contributed by atoms with E-state index >= 15 is 0 Å². The zero-order valence-corrected chi connectivity index (χ0v) is 11.1. The predicted octanol–water partition coefficient (Wildman–Crippen LogP) is 2.15. The van der Waals surface area contributed by atoms with Gasteiger partial charge in [0, 0.05) is 12.6 Å². The third-order valence-corrected chi connectivity index (χ3v) is 2.71. The molecule has 1 N–H and O–H groups in total. The summed E-state index contributed by atoms with van der Waals surface area (Å²) in [6.45, 7) is 0.785. The molecular formula is C14H17N3O2. The molecule has 0 fully saturated rings. The van der Waals surface area contributed by atoms with Crippen molar-refractivity contribution in [1.82, 2.24) is 9.97 Å². The Morgan fingerprint density at radius 2 is 2.00 bits per heavy atom. The second-order valence-electron chi connectivity index (χ2n) is 3.97. The highest BCUT2D eigenvalue weighted by Gasteiger charge is 1.99. The quantitative estimate of drug-likeness (QED) is 0.861. The van der Waals surface area contributed by atoms with Gasteiger partial charge in [-0.1, -0.05) is 12.1 Å². The number of aromatic nitrogens is 2. The number of methoxy groups -OCH3 is 2. The summed E-state index contributed by atoms with van der Waals surface area (Å²) in [6.07, 6.45) is 2.37. The molecule has 0 spiro atoms. The molecule has 19 heavy (non-hydrogen) atoms. The zero-order valence-electron chi connectivity index (χ0n) is 11.1. The Bertz CT molecular complexity index is 484. The molecule has 1 aromatic heterocycles. The Morgan fingerprint density at radius 1 is 1.11 bits per heavy atom. The van der Waals surface area contributed by atoms with Gasteiger partial charge in [0.25, 0.3) is 0 Å². The number of nitrogens with zero attached hydrogens (tertiary/aromatic N) is 2. The number of anilines is 1. The molecule has 0 aliphatic carbocycles. The first kappa shape index (κ1) is 13.1. The summed E-state index contributed by atoms with van der Waals surface area (Å²) < 4.78 is 10.2. The van der Waals surface area contributed by atoms with Crippen molar-refractivity contribution in [2.75, 3.05) is 26.1 Å². The van der Waals surface area contributed by atoms with Crippen LogP contribution in [0.25, 0.3) is 0 Å². The van der Waals surface area contributed by atoms with Gasteiger partial charge in [-0.2, -0.15) is 0 Å². The van der Waals surface area contributed by atoms with Crippen molar-refractivity contribution in [3.63, 3.8) is 0 Å². The van der Waals surface area contributed by atoms with Crippen LogP contribution in [0.3, 0.4) is 0 Å². The largest absolute Gasteiger partial charge is 0.497 e. The molecule has 5 heteroatoms. The molecule has 0 aliphatic heterocycles. The molecule has 2 rings (SSSR count). The fourth-order valence-corrected chi connectivity index (χ4v) is 1.71. The molecule has 0 radical (unpaired) electrons. The standard InChI is InChI=1S/C14H17N3O2/c1-18-12-5-3-4-11(8-12)6-7-15-13-9-14(19-2)17-10-16-13/h3-5,8-10H,6-7H2,1-2H3,(H,15,16,17). The van der Waals surface area contributed by atoms with Gasteiger partial charge in [-0.05, 0) is 24.1 Å². The van der Waals surface area contributed by atoms with Crippen LogP contribution in [0.5, 0.6) is 11.6 Å². The van der Waals surface area contributed by atoms with E-state index in [1.807, 2.05) is 18.2 Å². The first-order valence-electron chi connectivity index (χ1n) is 6.04. The summed E-state index contributed by atoms with van der Waals surface area (Å²) >= 11 is 0. The van der Waals surface area contributed by atoms with E-state index in [4.69, 9.17) is 9.47 Å². The van der Waals surface area contributed by atoms with Gasteiger partial charge in [-0.3, -0.25) is 0 Å². The van der Waals surface area contributed by atoms with Crippen LogP contribution in [0.2, 0.25) is 0 Å². The maximum Gasteiger partial charge on any atom is 0.218 e. The second-order valence-corrected chi connectivity index (χ2v) is 3.97. The lowest BCUT2D eigenvalue weighted by Crippen LogP contribution is -2.06. The lowest BCUT2D eigenvalue weighted by Gasteiger charge is -2.07. The Labute approximate surface area is 112 Å². The molecular weight excluding hydrogens is 242 g/mol. The maximum atomic E-state index is 5.19. The summed E-state index contributed by atoms with van der Waals surface area (Å²) in [5, 5.41) is 3.23. The van der Waals surface area contributed by atoms with Crippen LogP contribution in [0.15, 0.2) is 36.7 Å². The molecule has 0 atom stereocenters. The van der Waals surface area contributed by atoms with Gasteiger partial charge in [0.05, 0.1) is 14.2 Å². The summed E-state index contributed by atoms with van der Waals surface area (Å²) in [6, 6.07) is 9.80. The van der Waals surface area contributed by atoms with Gasteiger partial charge in [-0.25, -0.2) is 9.97 Å². The van der Waals surface area contributed by atoms with Crippen molar-refractivity contribution in [1.29, 1.82) is 0 Å². The minimum atomic E-state index is 0.555. The van der Waals surface area contributed by atoms with Crippen LogP contribution in [0.1, 0.15) is 5.56 Å². The van der Waals surface area contributed by atoms with E-state index < -0.39 is 0 Å². The highest BCUT2D eigenvalue weighted by molar-refractivity contribution is 5.37. The smallest absolute Gasteiger partial charge is 0.218 e. The van der Waals surface area contributed by atoms with Gasteiger partial charge in [0.2, 0.25) is 5.88 Å². The van der Waals surface area contributed by atoms with Crippen LogP contribution < -0.4 is 14.8 Å². The first-order chi connectivity index (χ1) is 9.31. The van der Waals surface area contributed by atoms with Gasteiger partial charge in [0.1, 0.15) is 17.9 Å². The number of nitrogens with one attached hydrogen (secondary N) is 1. The van der Waals surface area contributed by atoms with E-state index in [2.05, 4.69) is 21.4 Å². The zero-order chi connectivity index (χ0) is 13.5. The monoisotopic (exact) mass is 259 g/mol. The van der Waals surface area contributed by atoms with E-state index in [9.17, 15) is 0 Å².